The molecule has 2 N–H and O–H groups in total. The van der Waals surface area contributed by atoms with Crippen LogP contribution in [-0.2, 0) is 0 Å². The Bertz CT molecular complexity index is 209. The molecule has 2 rings (SSSR count). The number of rotatable bonds is 0. The molecule has 1 saturated heterocycles. The Labute approximate surface area is 64.2 Å². The average molecular weight is 158 g/mol. The Morgan fingerprint density at radius 2 is 2.60 bits per heavy atom. The van der Waals surface area contributed by atoms with E-state index in [9.17, 15) is 0 Å². The van der Waals surface area contributed by atoms with Crippen molar-refractivity contribution < 1.29 is 0 Å². The van der Waals surface area contributed by atoms with Gasteiger partial charge in [0.25, 0.3) is 0 Å². The van der Waals surface area contributed by atoms with E-state index in [2.05, 4.69) is 15.6 Å². The minimum absolute atomic E-state index is 0.241. The highest BCUT2D eigenvalue weighted by Crippen LogP contribution is 2.22. The molecule has 0 spiro atoms. The van der Waals surface area contributed by atoms with Gasteiger partial charge in [0.2, 0.25) is 0 Å². The first-order valence-electron chi connectivity index (χ1n) is 3.28. The van der Waals surface area contributed by atoms with Gasteiger partial charge < -0.3 is 5.32 Å². The van der Waals surface area contributed by atoms with Crippen molar-refractivity contribution in [1.82, 2.24) is 10.6 Å². The number of hydrogen-bond donors (Lipinski definition) is 2. The monoisotopic (exact) mass is 157 g/mol. The SMILES string of the molecule is ClC1=C2CCNC2NC=N1. The van der Waals surface area contributed by atoms with Crippen molar-refractivity contribution >= 4 is 17.9 Å². The molecule has 10 heavy (non-hydrogen) atoms. The van der Waals surface area contributed by atoms with Crippen LogP contribution in [0.15, 0.2) is 15.7 Å². The van der Waals surface area contributed by atoms with Crippen molar-refractivity contribution in [2.45, 2.75) is 12.6 Å². The van der Waals surface area contributed by atoms with Gasteiger partial charge in [-0.05, 0) is 6.42 Å². The molecule has 0 aliphatic carbocycles. The Kier molecular flexibility index (Phi) is 1.39. The Morgan fingerprint density at radius 1 is 1.70 bits per heavy atom. The van der Waals surface area contributed by atoms with Gasteiger partial charge in [-0.2, -0.15) is 0 Å². The van der Waals surface area contributed by atoms with Crippen molar-refractivity contribution in [2.24, 2.45) is 4.99 Å². The van der Waals surface area contributed by atoms with Crippen LogP contribution in [0.3, 0.4) is 0 Å². The number of aliphatic imine (C=N–C) groups is 1. The van der Waals surface area contributed by atoms with E-state index >= 15 is 0 Å². The molecule has 2 aliphatic heterocycles. The summed E-state index contributed by atoms with van der Waals surface area (Å²) in [6, 6.07) is 0. The molecule has 2 aliphatic rings. The van der Waals surface area contributed by atoms with Crippen LogP contribution in [0.4, 0.5) is 0 Å². The zero-order valence-corrected chi connectivity index (χ0v) is 6.15. The third-order valence-corrected chi connectivity index (χ3v) is 2.12. The van der Waals surface area contributed by atoms with Gasteiger partial charge in [0, 0.05) is 12.1 Å². The molecule has 0 saturated carbocycles. The Morgan fingerprint density at radius 3 is 3.40 bits per heavy atom. The van der Waals surface area contributed by atoms with Crippen molar-refractivity contribution in [2.75, 3.05) is 6.54 Å². The van der Waals surface area contributed by atoms with E-state index in [4.69, 9.17) is 11.6 Å². The second-order valence-corrected chi connectivity index (χ2v) is 2.74. The Hall–Kier alpha value is -0.540. The summed E-state index contributed by atoms with van der Waals surface area (Å²) in [6.45, 7) is 0.993. The minimum atomic E-state index is 0.241. The maximum absolute atomic E-state index is 5.82. The molecule has 1 unspecified atom stereocenters. The fraction of sp³-hybridized carbons (Fsp3) is 0.500. The fourth-order valence-corrected chi connectivity index (χ4v) is 1.50. The summed E-state index contributed by atoms with van der Waals surface area (Å²) in [5.74, 6) is 0. The lowest BCUT2D eigenvalue weighted by atomic mass is 10.2. The zero-order chi connectivity index (χ0) is 6.97. The lowest BCUT2D eigenvalue weighted by Gasteiger charge is -2.16. The zero-order valence-electron chi connectivity index (χ0n) is 5.39. The topological polar surface area (TPSA) is 36.4 Å². The predicted molar refractivity (Wildman–Crippen MR) is 40.9 cm³/mol. The van der Waals surface area contributed by atoms with E-state index in [-0.39, 0.29) is 6.17 Å². The highest BCUT2D eigenvalue weighted by Gasteiger charge is 2.23. The first-order chi connectivity index (χ1) is 4.88. The smallest absolute Gasteiger partial charge is 0.133 e. The minimum Gasteiger partial charge on any atom is -0.357 e. The number of halogens is 1. The molecule has 0 amide bonds. The van der Waals surface area contributed by atoms with Crippen molar-refractivity contribution in [1.29, 1.82) is 0 Å². The van der Waals surface area contributed by atoms with Crippen molar-refractivity contribution in [3.05, 3.63) is 10.7 Å². The van der Waals surface area contributed by atoms with Gasteiger partial charge in [0.05, 0.1) is 6.34 Å². The molecule has 1 atom stereocenters. The summed E-state index contributed by atoms with van der Waals surface area (Å²) >= 11 is 5.82. The van der Waals surface area contributed by atoms with Gasteiger partial charge in [-0.1, -0.05) is 11.6 Å². The van der Waals surface area contributed by atoms with Crippen LogP contribution in [0.2, 0.25) is 0 Å². The van der Waals surface area contributed by atoms with E-state index in [0.717, 1.165) is 13.0 Å². The van der Waals surface area contributed by atoms with Crippen molar-refractivity contribution in [3.63, 3.8) is 0 Å². The maximum atomic E-state index is 5.82. The molecule has 0 radical (unpaired) electrons. The summed E-state index contributed by atoms with van der Waals surface area (Å²) < 4.78 is 0. The van der Waals surface area contributed by atoms with E-state index in [1.54, 1.807) is 6.34 Å². The number of fused-ring (bicyclic) bond motifs is 1. The summed E-state index contributed by atoms with van der Waals surface area (Å²) in [7, 11) is 0. The molecule has 54 valence electrons. The van der Waals surface area contributed by atoms with E-state index < -0.39 is 0 Å². The quantitative estimate of drug-likeness (QED) is 0.499. The van der Waals surface area contributed by atoms with Gasteiger partial charge in [-0.15, -0.1) is 0 Å². The van der Waals surface area contributed by atoms with Crippen LogP contribution >= 0.6 is 11.6 Å². The van der Waals surface area contributed by atoms with Gasteiger partial charge in [-0.25, -0.2) is 4.99 Å². The molecule has 2 heterocycles. The average Bonchev–Trinajstić information content (AvgIpc) is 2.36. The van der Waals surface area contributed by atoms with Crippen LogP contribution in [0, 0.1) is 0 Å². The molecular weight excluding hydrogens is 150 g/mol. The number of nitrogens with one attached hydrogen (secondary N) is 2. The van der Waals surface area contributed by atoms with Crippen LogP contribution in [0.5, 0.6) is 0 Å². The van der Waals surface area contributed by atoms with Gasteiger partial charge in [0.15, 0.2) is 0 Å². The maximum Gasteiger partial charge on any atom is 0.133 e. The Balaban J connectivity index is 2.32. The second-order valence-electron chi connectivity index (χ2n) is 2.38. The molecule has 3 nitrogen and oxygen atoms in total. The molecule has 0 aromatic carbocycles. The highest BCUT2D eigenvalue weighted by molar-refractivity contribution is 6.30. The summed E-state index contributed by atoms with van der Waals surface area (Å²) in [5.41, 5.74) is 1.18. The van der Waals surface area contributed by atoms with Gasteiger partial charge in [-0.3, -0.25) is 5.32 Å². The normalized spacial score (nSPS) is 30.3. The summed E-state index contributed by atoms with van der Waals surface area (Å²) in [4.78, 5) is 3.94. The largest absolute Gasteiger partial charge is 0.357 e. The molecule has 1 fully saturated rings. The van der Waals surface area contributed by atoms with E-state index in [0.29, 0.717) is 5.16 Å². The highest BCUT2D eigenvalue weighted by atomic mass is 35.5. The lowest BCUT2D eigenvalue weighted by Crippen LogP contribution is -2.39. The molecule has 4 heteroatoms. The standard InChI is InChI=1S/C6H8ClN3/c7-5-4-1-2-8-6(4)10-3-9-5/h3,6,8H,1-2H2,(H,9,10). The fourth-order valence-electron chi connectivity index (χ4n) is 1.25. The third kappa shape index (κ3) is 0.822. The van der Waals surface area contributed by atoms with Crippen LogP contribution in [0.25, 0.3) is 0 Å². The lowest BCUT2D eigenvalue weighted by molar-refractivity contribution is 0.629. The number of nitrogens with zero attached hydrogens (tertiary/aromatic N) is 1. The van der Waals surface area contributed by atoms with Crippen LogP contribution in [-0.4, -0.2) is 19.0 Å². The van der Waals surface area contributed by atoms with Crippen molar-refractivity contribution in [3.8, 4) is 0 Å². The molecule has 0 aromatic heterocycles. The first kappa shape index (κ1) is 6.19. The second kappa shape index (κ2) is 2.25. The van der Waals surface area contributed by atoms with Gasteiger partial charge >= 0.3 is 0 Å². The molecule has 0 bridgehead atoms. The van der Waals surface area contributed by atoms with E-state index in [1.165, 1.54) is 5.57 Å². The molecular formula is C6H8ClN3. The number of hydrogen-bond acceptors (Lipinski definition) is 3. The first-order valence-corrected chi connectivity index (χ1v) is 3.66. The van der Waals surface area contributed by atoms with E-state index in [1.807, 2.05) is 0 Å². The summed E-state index contributed by atoms with van der Waals surface area (Å²) in [5, 5.41) is 6.96. The summed E-state index contributed by atoms with van der Waals surface area (Å²) in [6.07, 6.45) is 2.88. The predicted octanol–water partition coefficient (Wildman–Crippen LogP) is 0.388. The van der Waals surface area contributed by atoms with Crippen LogP contribution in [0.1, 0.15) is 6.42 Å². The molecule has 0 aromatic rings. The van der Waals surface area contributed by atoms with Crippen LogP contribution < -0.4 is 10.6 Å². The van der Waals surface area contributed by atoms with Gasteiger partial charge in [0.1, 0.15) is 11.3 Å². The third-order valence-electron chi connectivity index (χ3n) is 1.78.